The number of piperidine rings is 1. The fraction of sp³-hybridized carbons (Fsp3) is 0.500. The van der Waals surface area contributed by atoms with E-state index in [1.54, 1.807) is 18.6 Å². The maximum Gasteiger partial charge on any atom is 0.197 e. The normalized spacial score (nSPS) is 19.5. The lowest BCUT2D eigenvalue weighted by Gasteiger charge is -2.21. The van der Waals surface area contributed by atoms with E-state index in [9.17, 15) is 0 Å². The maximum atomic E-state index is 4.34. The highest BCUT2D eigenvalue weighted by Crippen LogP contribution is 2.27. The summed E-state index contributed by atoms with van der Waals surface area (Å²) in [5.74, 6) is 1.51. The minimum Gasteiger partial charge on any atom is -0.316 e. The fourth-order valence-corrected chi connectivity index (χ4v) is 3.00. The molecule has 0 spiro atoms. The van der Waals surface area contributed by atoms with Crippen molar-refractivity contribution in [2.45, 2.75) is 28.9 Å². The topological polar surface area (TPSA) is 68.5 Å². The van der Waals surface area contributed by atoms with Gasteiger partial charge in [-0.05, 0) is 31.1 Å². The summed E-state index contributed by atoms with van der Waals surface area (Å²) in [6.07, 6.45) is 7.46. The van der Waals surface area contributed by atoms with Gasteiger partial charge in [0.2, 0.25) is 0 Å². The molecular formula is C12H16N6S. The van der Waals surface area contributed by atoms with Crippen LogP contribution in [0.15, 0.2) is 28.8 Å². The molecule has 1 atom stereocenters. The first-order chi connectivity index (χ1) is 9.34. The molecule has 3 rings (SSSR count). The average molecular weight is 276 g/mol. The molecule has 1 N–H and O–H groups in total. The lowest BCUT2D eigenvalue weighted by atomic mass is 9.99. The molecule has 19 heavy (non-hydrogen) atoms. The summed E-state index contributed by atoms with van der Waals surface area (Å²) in [6, 6.07) is 0. The number of hydrogen-bond donors (Lipinski definition) is 1. The molecule has 1 saturated heterocycles. The molecule has 2 aromatic rings. The molecular weight excluding hydrogens is 260 g/mol. The van der Waals surface area contributed by atoms with Crippen LogP contribution in [-0.2, 0) is 7.05 Å². The number of rotatable bonds is 3. The summed E-state index contributed by atoms with van der Waals surface area (Å²) >= 11 is 1.49. The monoisotopic (exact) mass is 276 g/mol. The summed E-state index contributed by atoms with van der Waals surface area (Å²) in [5, 5.41) is 13.7. The van der Waals surface area contributed by atoms with Gasteiger partial charge in [-0.1, -0.05) is 0 Å². The minimum atomic E-state index is 0.461. The second kappa shape index (κ2) is 5.66. The minimum absolute atomic E-state index is 0.461. The van der Waals surface area contributed by atoms with Gasteiger partial charge in [-0.15, -0.1) is 10.2 Å². The highest BCUT2D eigenvalue weighted by atomic mass is 32.2. The van der Waals surface area contributed by atoms with Gasteiger partial charge < -0.3 is 9.88 Å². The van der Waals surface area contributed by atoms with Crippen LogP contribution in [0.2, 0.25) is 0 Å². The Bertz CT molecular complexity index is 534. The second-order valence-corrected chi connectivity index (χ2v) is 5.58. The lowest BCUT2D eigenvalue weighted by Crippen LogP contribution is -2.29. The molecule has 0 saturated carbocycles. The zero-order chi connectivity index (χ0) is 13.1. The third-order valence-corrected chi connectivity index (χ3v) is 4.22. The van der Waals surface area contributed by atoms with E-state index in [2.05, 4.69) is 30.0 Å². The van der Waals surface area contributed by atoms with Gasteiger partial charge in [0.25, 0.3) is 0 Å². The van der Waals surface area contributed by atoms with Crippen molar-refractivity contribution in [1.82, 2.24) is 30.0 Å². The van der Waals surface area contributed by atoms with Gasteiger partial charge >= 0.3 is 0 Å². The first-order valence-electron chi connectivity index (χ1n) is 6.38. The van der Waals surface area contributed by atoms with E-state index in [-0.39, 0.29) is 0 Å². The van der Waals surface area contributed by atoms with Crippen molar-refractivity contribution in [2.75, 3.05) is 13.1 Å². The van der Waals surface area contributed by atoms with Crippen molar-refractivity contribution in [3.05, 3.63) is 24.4 Å². The van der Waals surface area contributed by atoms with Gasteiger partial charge in [-0.2, -0.15) is 0 Å². The third kappa shape index (κ3) is 2.76. The molecule has 0 amide bonds. The van der Waals surface area contributed by atoms with Crippen LogP contribution in [-0.4, -0.2) is 37.8 Å². The smallest absolute Gasteiger partial charge is 0.197 e. The van der Waals surface area contributed by atoms with Gasteiger partial charge in [-0.3, -0.25) is 4.98 Å². The molecule has 1 aliphatic rings. The summed E-state index contributed by atoms with van der Waals surface area (Å²) in [7, 11) is 2.02. The molecule has 1 fully saturated rings. The Morgan fingerprint density at radius 2 is 2.32 bits per heavy atom. The van der Waals surface area contributed by atoms with Crippen LogP contribution in [0, 0.1) is 0 Å². The molecule has 0 aromatic carbocycles. The Morgan fingerprint density at radius 1 is 1.37 bits per heavy atom. The van der Waals surface area contributed by atoms with Crippen LogP contribution in [0.3, 0.4) is 0 Å². The Labute approximate surface area is 116 Å². The van der Waals surface area contributed by atoms with Crippen LogP contribution < -0.4 is 5.32 Å². The van der Waals surface area contributed by atoms with Gasteiger partial charge in [0.1, 0.15) is 10.9 Å². The van der Waals surface area contributed by atoms with Crippen LogP contribution in [0.1, 0.15) is 24.6 Å². The van der Waals surface area contributed by atoms with Crippen LogP contribution in [0.4, 0.5) is 0 Å². The molecule has 0 bridgehead atoms. The molecule has 100 valence electrons. The first kappa shape index (κ1) is 12.6. The molecule has 7 heteroatoms. The Balaban J connectivity index is 1.78. The molecule has 3 heterocycles. The Hall–Kier alpha value is -1.47. The predicted molar refractivity (Wildman–Crippen MR) is 72.0 cm³/mol. The number of nitrogens with zero attached hydrogens (tertiary/aromatic N) is 5. The van der Waals surface area contributed by atoms with Crippen LogP contribution >= 0.6 is 11.8 Å². The van der Waals surface area contributed by atoms with Crippen LogP contribution in [0.5, 0.6) is 0 Å². The lowest BCUT2D eigenvalue weighted by molar-refractivity contribution is 0.436. The number of nitrogens with one attached hydrogen (secondary N) is 1. The first-order valence-corrected chi connectivity index (χ1v) is 7.20. The molecule has 6 nitrogen and oxygen atoms in total. The second-order valence-electron chi connectivity index (χ2n) is 4.59. The van der Waals surface area contributed by atoms with Gasteiger partial charge in [-0.25, -0.2) is 4.98 Å². The van der Waals surface area contributed by atoms with Crippen molar-refractivity contribution in [1.29, 1.82) is 0 Å². The Morgan fingerprint density at radius 3 is 3.05 bits per heavy atom. The predicted octanol–water partition coefficient (Wildman–Crippen LogP) is 1.22. The van der Waals surface area contributed by atoms with Crippen molar-refractivity contribution < 1.29 is 0 Å². The number of hydrogen-bond acceptors (Lipinski definition) is 6. The standard InChI is InChI=1S/C12H16N6S/c1-18-11(9-3-2-4-13-7-9)16-17-12(18)19-10-8-14-5-6-15-10/h5-6,8-9,13H,2-4,7H2,1H3/t9-/m1/s1. The largest absolute Gasteiger partial charge is 0.316 e. The molecule has 2 aromatic heterocycles. The SMILES string of the molecule is Cn1c(Sc2cnccn2)nnc1[C@@H]1CCCNC1. The Kier molecular flexibility index (Phi) is 3.74. The third-order valence-electron chi connectivity index (χ3n) is 3.27. The molecule has 0 radical (unpaired) electrons. The molecule has 1 aliphatic heterocycles. The van der Waals surface area contributed by atoms with Crippen LogP contribution in [0.25, 0.3) is 0 Å². The number of aromatic nitrogens is 5. The van der Waals surface area contributed by atoms with Crippen molar-refractivity contribution in [2.24, 2.45) is 7.05 Å². The quantitative estimate of drug-likeness (QED) is 0.909. The molecule has 0 aliphatic carbocycles. The summed E-state index contributed by atoms with van der Waals surface area (Å²) in [4.78, 5) is 8.30. The summed E-state index contributed by atoms with van der Waals surface area (Å²) < 4.78 is 2.07. The van der Waals surface area contributed by atoms with Gasteiger partial charge in [0, 0.05) is 31.9 Å². The van der Waals surface area contributed by atoms with Crippen molar-refractivity contribution in [3.63, 3.8) is 0 Å². The molecule has 0 unspecified atom stereocenters. The highest BCUT2D eigenvalue weighted by molar-refractivity contribution is 7.99. The van der Waals surface area contributed by atoms with E-state index in [0.717, 1.165) is 29.1 Å². The summed E-state index contributed by atoms with van der Waals surface area (Å²) in [6.45, 7) is 2.09. The van der Waals surface area contributed by atoms with Gasteiger partial charge in [0.15, 0.2) is 5.16 Å². The zero-order valence-electron chi connectivity index (χ0n) is 10.8. The highest BCUT2D eigenvalue weighted by Gasteiger charge is 2.21. The van der Waals surface area contributed by atoms with E-state index in [4.69, 9.17) is 0 Å². The van der Waals surface area contributed by atoms with E-state index in [0.29, 0.717) is 5.92 Å². The van der Waals surface area contributed by atoms with Crippen molar-refractivity contribution >= 4 is 11.8 Å². The van der Waals surface area contributed by atoms with Crippen molar-refractivity contribution in [3.8, 4) is 0 Å². The van der Waals surface area contributed by atoms with E-state index >= 15 is 0 Å². The summed E-state index contributed by atoms with van der Waals surface area (Å²) in [5.41, 5.74) is 0. The zero-order valence-corrected chi connectivity index (χ0v) is 11.6. The fourth-order valence-electron chi connectivity index (χ4n) is 2.27. The van der Waals surface area contributed by atoms with Gasteiger partial charge in [0.05, 0.1) is 6.20 Å². The maximum absolute atomic E-state index is 4.34. The van der Waals surface area contributed by atoms with E-state index in [1.165, 1.54) is 24.6 Å². The van der Waals surface area contributed by atoms with E-state index in [1.807, 2.05) is 7.05 Å². The van der Waals surface area contributed by atoms with E-state index < -0.39 is 0 Å². The average Bonchev–Trinajstić information content (AvgIpc) is 2.82.